The van der Waals surface area contributed by atoms with Gasteiger partial charge in [-0.15, -0.1) is 0 Å². The molecule has 218 valence electrons. The Morgan fingerprint density at radius 1 is 0.833 bits per heavy atom. The zero-order chi connectivity index (χ0) is 30.3. The minimum atomic E-state index is -4.28. The van der Waals surface area contributed by atoms with E-state index in [1.165, 1.54) is 36.2 Å². The summed E-state index contributed by atoms with van der Waals surface area (Å²) in [7, 11) is -2.83. The van der Waals surface area contributed by atoms with Crippen LogP contribution in [0.3, 0.4) is 0 Å². The Labute approximate surface area is 254 Å². The third-order valence-corrected chi connectivity index (χ3v) is 9.13. The SMILES string of the molecule is CNC(=O)[C@@H](Cc1ccccc1)N(Cc1c(Cl)cccc1Cl)C(=O)CN(c1ccc(F)cc1)S(=O)(=O)c1ccccc1. The van der Waals surface area contributed by atoms with E-state index in [9.17, 15) is 22.4 Å². The van der Waals surface area contributed by atoms with E-state index in [-0.39, 0.29) is 33.6 Å². The van der Waals surface area contributed by atoms with E-state index in [0.29, 0.717) is 5.56 Å². The van der Waals surface area contributed by atoms with Gasteiger partial charge in [0.05, 0.1) is 10.6 Å². The number of amides is 2. The first kappa shape index (κ1) is 31.0. The summed E-state index contributed by atoms with van der Waals surface area (Å²) >= 11 is 12.9. The molecule has 4 aromatic rings. The number of rotatable bonds is 11. The smallest absolute Gasteiger partial charge is 0.264 e. The van der Waals surface area contributed by atoms with Crippen molar-refractivity contribution >= 4 is 50.7 Å². The Kier molecular flexibility index (Phi) is 10.2. The molecule has 1 N–H and O–H groups in total. The number of halogens is 3. The van der Waals surface area contributed by atoms with Crippen LogP contribution in [0.1, 0.15) is 11.1 Å². The molecule has 7 nitrogen and oxygen atoms in total. The van der Waals surface area contributed by atoms with Crippen LogP contribution in [0.5, 0.6) is 0 Å². The summed E-state index contributed by atoms with van der Waals surface area (Å²) in [6, 6.07) is 25.3. The predicted octanol–water partition coefficient (Wildman–Crippen LogP) is 5.71. The van der Waals surface area contributed by atoms with Gasteiger partial charge in [0.25, 0.3) is 10.0 Å². The van der Waals surface area contributed by atoms with Crippen LogP contribution in [-0.4, -0.2) is 44.8 Å². The van der Waals surface area contributed by atoms with Gasteiger partial charge in [-0.1, -0.05) is 77.8 Å². The summed E-state index contributed by atoms with van der Waals surface area (Å²) in [5, 5.41) is 3.17. The number of sulfonamides is 1. The highest BCUT2D eigenvalue weighted by atomic mass is 35.5. The van der Waals surface area contributed by atoms with Gasteiger partial charge in [0.2, 0.25) is 11.8 Å². The fourth-order valence-corrected chi connectivity index (χ4v) is 6.38. The van der Waals surface area contributed by atoms with Crippen LogP contribution in [0.25, 0.3) is 0 Å². The molecular weight excluding hydrogens is 600 g/mol. The van der Waals surface area contributed by atoms with E-state index in [2.05, 4.69) is 5.32 Å². The molecule has 0 bridgehead atoms. The van der Waals surface area contributed by atoms with Gasteiger partial charge in [-0.25, -0.2) is 12.8 Å². The molecule has 0 aliphatic carbocycles. The van der Waals surface area contributed by atoms with Crippen molar-refractivity contribution in [2.45, 2.75) is 23.9 Å². The molecule has 2 amide bonds. The van der Waals surface area contributed by atoms with Gasteiger partial charge in [-0.05, 0) is 54.1 Å². The highest BCUT2D eigenvalue weighted by molar-refractivity contribution is 7.92. The average molecular weight is 629 g/mol. The number of benzene rings is 4. The maximum atomic E-state index is 14.2. The van der Waals surface area contributed by atoms with Crippen molar-refractivity contribution in [3.63, 3.8) is 0 Å². The highest BCUT2D eigenvalue weighted by Gasteiger charge is 2.35. The van der Waals surface area contributed by atoms with Gasteiger partial charge in [0.1, 0.15) is 18.4 Å². The first-order valence-electron chi connectivity index (χ1n) is 12.9. The Morgan fingerprint density at radius 2 is 1.40 bits per heavy atom. The Bertz CT molecular complexity index is 1620. The minimum absolute atomic E-state index is 0.0602. The first-order chi connectivity index (χ1) is 20.1. The van der Waals surface area contributed by atoms with Crippen LogP contribution in [0.15, 0.2) is 108 Å². The number of carbonyl (C=O) groups is 2. The Morgan fingerprint density at radius 3 is 1.98 bits per heavy atom. The number of nitrogens with zero attached hydrogens (tertiary/aromatic N) is 2. The van der Waals surface area contributed by atoms with Gasteiger partial charge in [-0.2, -0.15) is 0 Å². The van der Waals surface area contributed by atoms with Gasteiger partial charge in [-0.3, -0.25) is 13.9 Å². The van der Waals surface area contributed by atoms with Crippen LogP contribution >= 0.6 is 23.2 Å². The van der Waals surface area contributed by atoms with E-state index in [4.69, 9.17) is 23.2 Å². The summed E-state index contributed by atoms with van der Waals surface area (Å²) < 4.78 is 42.4. The van der Waals surface area contributed by atoms with E-state index in [1.54, 1.807) is 36.4 Å². The van der Waals surface area contributed by atoms with Crippen molar-refractivity contribution in [3.05, 3.63) is 130 Å². The van der Waals surface area contributed by atoms with Crippen molar-refractivity contribution in [1.82, 2.24) is 10.2 Å². The van der Waals surface area contributed by atoms with Crippen molar-refractivity contribution in [2.75, 3.05) is 17.9 Å². The molecule has 0 fully saturated rings. The number of anilines is 1. The van der Waals surface area contributed by atoms with Crippen molar-refractivity contribution in [1.29, 1.82) is 0 Å². The molecule has 0 aliphatic heterocycles. The molecule has 42 heavy (non-hydrogen) atoms. The number of likely N-dealkylation sites (N-methyl/N-ethyl adjacent to an activating group) is 1. The lowest BCUT2D eigenvalue weighted by atomic mass is 10.0. The minimum Gasteiger partial charge on any atom is -0.357 e. The molecule has 0 radical (unpaired) electrons. The normalized spacial score (nSPS) is 11.9. The maximum Gasteiger partial charge on any atom is 0.264 e. The van der Waals surface area contributed by atoms with Crippen LogP contribution < -0.4 is 9.62 Å². The van der Waals surface area contributed by atoms with Crippen molar-refractivity contribution in [2.24, 2.45) is 0 Å². The fourth-order valence-electron chi connectivity index (χ4n) is 4.43. The molecule has 4 rings (SSSR count). The van der Waals surface area contributed by atoms with Crippen LogP contribution in [-0.2, 0) is 32.6 Å². The Hall–Kier alpha value is -3.92. The molecule has 0 saturated carbocycles. The summed E-state index contributed by atoms with van der Waals surface area (Å²) in [5.41, 5.74) is 1.25. The molecule has 0 heterocycles. The Balaban J connectivity index is 1.81. The highest BCUT2D eigenvalue weighted by Crippen LogP contribution is 2.29. The quantitative estimate of drug-likeness (QED) is 0.231. The lowest BCUT2D eigenvalue weighted by Crippen LogP contribution is -2.53. The summed E-state index contributed by atoms with van der Waals surface area (Å²) in [5.74, 6) is -1.73. The van der Waals surface area contributed by atoms with Crippen LogP contribution in [0.2, 0.25) is 10.0 Å². The second-order valence-electron chi connectivity index (χ2n) is 9.34. The van der Waals surface area contributed by atoms with E-state index in [0.717, 1.165) is 22.0 Å². The largest absolute Gasteiger partial charge is 0.357 e. The van der Waals surface area contributed by atoms with Gasteiger partial charge in [0.15, 0.2) is 0 Å². The molecule has 0 aliphatic rings. The molecule has 0 saturated heterocycles. The molecule has 4 aromatic carbocycles. The first-order valence-corrected chi connectivity index (χ1v) is 15.1. The number of hydrogen-bond acceptors (Lipinski definition) is 4. The molecule has 11 heteroatoms. The standard InChI is InChI=1S/C31H28Cl2FN3O4S/c1-35-31(39)29(19-22-9-4-2-5-10-22)36(20-26-27(32)13-8-14-28(26)33)30(38)21-37(24-17-15-23(34)16-18-24)42(40,41)25-11-6-3-7-12-25/h2-18,29H,19-21H2,1H3,(H,35,39)/t29-/m1/s1. The topological polar surface area (TPSA) is 86.8 Å². The predicted molar refractivity (Wildman–Crippen MR) is 162 cm³/mol. The third kappa shape index (κ3) is 7.28. The molecular formula is C31H28Cl2FN3O4S. The van der Waals surface area contributed by atoms with Crippen molar-refractivity contribution in [3.8, 4) is 0 Å². The number of nitrogens with one attached hydrogen (secondary N) is 1. The lowest BCUT2D eigenvalue weighted by Gasteiger charge is -2.34. The van der Waals surface area contributed by atoms with Crippen molar-refractivity contribution < 1.29 is 22.4 Å². The lowest BCUT2D eigenvalue weighted by molar-refractivity contribution is -0.139. The third-order valence-electron chi connectivity index (χ3n) is 6.63. The van der Waals surface area contributed by atoms with Crippen LogP contribution in [0.4, 0.5) is 10.1 Å². The maximum absolute atomic E-state index is 14.2. The summed E-state index contributed by atoms with van der Waals surface area (Å²) in [6.07, 6.45) is 0.135. The number of hydrogen-bond donors (Lipinski definition) is 1. The van der Waals surface area contributed by atoms with Gasteiger partial charge in [0, 0.05) is 35.6 Å². The zero-order valence-electron chi connectivity index (χ0n) is 22.6. The van der Waals surface area contributed by atoms with Crippen LogP contribution in [0, 0.1) is 5.82 Å². The second-order valence-corrected chi connectivity index (χ2v) is 12.0. The second kappa shape index (κ2) is 13.8. The average Bonchev–Trinajstić information content (AvgIpc) is 3.00. The van der Waals surface area contributed by atoms with Gasteiger partial charge >= 0.3 is 0 Å². The monoisotopic (exact) mass is 627 g/mol. The zero-order valence-corrected chi connectivity index (χ0v) is 24.9. The molecule has 0 unspecified atom stereocenters. The summed E-state index contributed by atoms with van der Waals surface area (Å²) in [4.78, 5) is 28.7. The van der Waals surface area contributed by atoms with E-state index in [1.807, 2.05) is 30.3 Å². The molecule has 0 spiro atoms. The molecule has 0 aromatic heterocycles. The fraction of sp³-hybridized carbons (Fsp3) is 0.161. The molecule has 1 atom stereocenters. The van der Waals surface area contributed by atoms with E-state index >= 15 is 0 Å². The number of carbonyl (C=O) groups excluding carboxylic acids is 2. The summed E-state index contributed by atoms with van der Waals surface area (Å²) in [6.45, 7) is -0.863. The van der Waals surface area contributed by atoms with E-state index < -0.39 is 40.2 Å². The van der Waals surface area contributed by atoms with Gasteiger partial charge < -0.3 is 10.2 Å².